The van der Waals surface area contributed by atoms with E-state index in [4.69, 9.17) is 5.73 Å². The first kappa shape index (κ1) is 11.1. The lowest BCUT2D eigenvalue weighted by molar-refractivity contribution is 0.752. The standard InChI is InChI=1S/C11H19N5/c1-2-4-13-11-6-10(7-14-15-11)16-5-3-9(12)8-16/h6-7,9H,2-5,8,12H2,1H3,(H,13,15)/t9-/m1/s1. The van der Waals surface area contributed by atoms with Crippen LogP contribution in [0, 0.1) is 0 Å². The summed E-state index contributed by atoms with van der Waals surface area (Å²) in [6, 6.07) is 2.33. The number of hydrogen-bond acceptors (Lipinski definition) is 5. The Kier molecular flexibility index (Phi) is 3.56. The average Bonchev–Trinajstić information content (AvgIpc) is 2.74. The minimum atomic E-state index is 0.292. The lowest BCUT2D eigenvalue weighted by Gasteiger charge is -2.17. The molecule has 1 aliphatic heterocycles. The van der Waals surface area contributed by atoms with E-state index in [0.717, 1.165) is 44.0 Å². The van der Waals surface area contributed by atoms with Gasteiger partial charge in [-0.05, 0) is 12.8 Å². The molecule has 1 aromatic rings. The van der Waals surface area contributed by atoms with Crippen molar-refractivity contribution in [2.45, 2.75) is 25.8 Å². The Bertz CT molecular complexity index is 341. The zero-order chi connectivity index (χ0) is 11.4. The van der Waals surface area contributed by atoms with Gasteiger partial charge in [0.05, 0.1) is 11.9 Å². The van der Waals surface area contributed by atoms with Gasteiger partial charge in [0.15, 0.2) is 5.82 Å². The molecule has 0 unspecified atom stereocenters. The minimum Gasteiger partial charge on any atom is -0.369 e. The van der Waals surface area contributed by atoms with Crippen LogP contribution in [0.25, 0.3) is 0 Å². The second-order valence-corrected chi connectivity index (χ2v) is 4.22. The molecule has 88 valence electrons. The predicted molar refractivity (Wildman–Crippen MR) is 65.6 cm³/mol. The molecule has 0 aromatic carbocycles. The summed E-state index contributed by atoms with van der Waals surface area (Å²) in [5.74, 6) is 0.847. The van der Waals surface area contributed by atoms with E-state index in [0.29, 0.717) is 6.04 Å². The lowest BCUT2D eigenvalue weighted by Crippen LogP contribution is -2.26. The molecular weight excluding hydrogens is 202 g/mol. The van der Waals surface area contributed by atoms with Crippen molar-refractivity contribution >= 4 is 11.5 Å². The molecule has 1 aliphatic rings. The van der Waals surface area contributed by atoms with Crippen molar-refractivity contribution in [3.63, 3.8) is 0 Å². The fourth-order valence-electron chi connectivity index (χ4n) is 1.89. The van der Waals surface area contributed by atoms with Gasteiger partial charge < -0.3 is 16.0 Å². The number of rotatable bonds is 4. The van der Waals surface area contributed by atoms with Gasteiger partial charge in [-0.2, -0.15) is 5.10 Å². The largest absolute Gasteiger partial charge is 0.369 e. The van der Waals surface area contributed by atoms with Crippen LogP contribution in [0.1, 0.15) is 19.8 Å². The molecule has 3 N–H and O–H groups in total. The van der Waals surface area contributed by atoms with Crippen molar-refractivity contribution in [2.24, 2.45) is 5.73 Å². The third-order valence-corrected chi connectivity index (χ3v) is 2.79. The quantitative estimate of drug-likeness (QED) is 0.788. The van der Waals surface area contributed by atoms with Crippen molar-refractivity contribution in [2.75, 3.05) is 29.9 Å². The van der Waals surface area contributed by atoms with Gasteiger partial charge in [0.25, 0.3) is 0 Å². The van der Waals surface area contributed by atoms with E-state index in [1.165, 1.54) is 0 Å². The Labute approximate surface area is 96.0 Å². The predicted octanol–water partition coefficient (Wildman–Crippen LogP) is 0.836. The van der Waals surface area contributed by atoms with Crippen LogP contribution in [0.5, 0.6) is 0 Å². The molecule has 2 rings (SSSR count). The molecule has 0 aliphatic carbocycles. The van der Waals surface area contributed by atoms with Gasteiger partial charge >= 0.3 is 0 Å². The van der Waals surface area contributed by atoms with Crippen molar-refractivity contribution in [1.82, 2.24) is 10.2 Å². The first-order valence-electron chi connectivity index (χ1n) is 5.86. The highest BCUT2D eigenvalue weighted by Crippen LogP contribution is 2.20. The maximum atomic E-state index is 5.89. The fourth-order valence-corrected chi connectivity index (χ4v) is 1.89. The zero-order valence-corrected chi connectivity index (χ0v) is 9.69. The molecule has 1 fully saturated rings. The summed E-state index contributed by atoms with van der Waals surface area (Å²) >= 11 is 0. The molecule has 0 spiro atoms. The highest BCUT2D eigenvalue weighted by Gasteiger charge is 2.19. The van der Waals surface area contributed by atoms with Gasteiger partial charge in [0.2, 0.25) is 0 Å². The number of nitrogens with zero attached hydrogens (tertiary/aromatic N) is 3. The molecule has 1 atom stereocenters. The Morgan fingerprint density at radius 1 is 1.62 bits per heavy atom. The molecule has 0 saturated carbocycles. The Morgan fingerprint density at radius 2 is 2.50 bits per heavy atom. The van der Waals surface area contributed by atoms with Gasteiger partial charge in [-0.1, -0.05) is 6.92 Å². The SMILES string of the molecule is CCCNc1cc(N2CC[C@@H](N)C2)cnn1. The smallest absolute Gasteiger partial charge is 0.150 e. The van der Waals surface area contributed by atoms with Crippen molar-refractivity contribution in [3.05, 3.63) is 12.3 Å². The Hall–Kier alpha value is -1.36. The second kappa shape index (κ2) is 5.12. The summed E-state index contributed by atoms with van der Waals surface area (Å²) in [4.78, 5) is 2.26. The maximum absolute atomic E-state index is 5.89. The first-order valence-corrected chi connectivity index (χ1v) is 5.86. The molecule has 0 radical (unpaired) electrons. The van der Waals surface area contributed by atoms with E-state index in [9.17, 15) is 0 Å². The van der Waals surface area contributed by atoms with Crippen LogP contribution >= 0.6 is 0 Å². The highest BCUT2D eigenvalue weighted by molar-refractivity contribution is 5.52. The van der Waals surface area contributed by atoms with Gasteiger partial charge in [-0.15, -0.1) is 5.10 Å². The summed E-state index contributed by atoms with van der Waals surface area (Å²) in [7, 11) is 0. The van der Waals surface area contributed by atoms with Crippen LogP contribution in [0.4, 0.5) is 11.5 Å². The van der Waals surface area contributed by atoms with E-state index < -0.39 is 0 Å². The molecular formula is C11H19N5. The second-order valence-electron chi connectivity index (χ2n) is 4.22. The fraction of sp³-hybridized carbons (Fsp3) is 0.636. The monoisotopic (exact) mass is 221 g/mol. The van der Waals surface area contributed by atoms with E-state index in [-0.39, 0.29) is 0 Å². The average molecular weight is 221 g/mol. The first-order chi connectivity index (χ1) is 7.79. The van der Waals surface area contributed by atoms with Crippen LogP contribution in [-0.4, -0.2) is 35.9 Å². The molecule has 5 heteroatoms. The van der Waals surface area contributed by atoms with Crippen LogP contribution < -0.4 is 16.0 Å². The topological polar surface area (TPSA) is 67.1 Å². The molecule has 16 heavy (non-hydrogen) atoms. The van der Waals surface area contributed by atoms with Gasteiger partial charge in [0, 0.05) is 31.7 Å². The normalized spacial score (nSPS) is 20.1. The maximum Gasteiger partial charge on any atom is 0.150 e. The summed E-state index contributed by atoms with van der Waals surface area (Å²) in [5, 5.41) is 11.3. The van der Waals surface area contributed by atoms with Crippen LogP contribution in [-0.2, 0) is 0 Å². The van der Waals surface area contributed by atoms with Crippen molar-refractivity contribution < 1.29 is 0 Å². The van der Waals surface area contributed by atoms with E-state index in [2.05, 4.69) is 27.3 Å². The third kappa shape index (κ3) is 2.61. The lowest BCUT2D eigenvalue weighted by atomic mass is 10.3. The Morgan fingerprint density at radius 3 is 3.19 bits per heavy atom. The zero-order valence-electron chi connectivity index (χ0n) is 9.69. The summed E-state index contributed by atoms with van der Waals surface area (Å²) in [6.07, 6.45) is 3.94. The molecule has 0 amide bonds. The molecule has 0 bridgehead atoms. The van der Waals surface area contributed by atoms with Crippen molar-refractivity contribution in [1.29, 1.82) is 0 Å². The number of hydrogen-bond donors (Lipinski definition) is 2. The summed E-state index contributed by atoms with van der Waals surface area (Å²) in [6.45, 7) is 4.99. The highest BCUT2D eigenvalue weighted by atomic mass is 15.2. The Balaban J connectivity index is 2.04. The molecule has 1 saturated heterocycles. The number of anilines is 2. The molecule has 2 heterocycles. The molecule has 5 nitrogen and oxygen atoms in total. The van der Waals surface area contributed by atoms with Gasteiger partial charge in [-0.3, -0.25) is 0 Å². The van der Waals surface area contributed by atoms with E-state index in [1.807, 2.05) is 6.07 Å². The van der Waals surface area contributed by atoms with E-state index in [1.54, 1.807) is 6.20 Å². The number of nitrogens with one attached hydrogen (secondary N) is 1. The minimum absolute atomic E-state index is 0.292. The number of aromatic nitrogens is 2. The van der Waals surface area contributed by atoms with E-state index >= 15 is 0 Å². The number of nitrogens with two attached hydrogens (primary N) is 1. The third-order valence-electron chi connectivity index (χ3n) is 2.79. The van der Waals surface area contributed by atoms with Crippen LogP contribution in [0.15, 0.2) is 12.3 Å². The van der Waals surface area contributed by atoms with Crippen LogP contribution in [0.2, 0.25) is 0 Å². The van der Waals surface area contributed by atoms with Crippen LogP contribution in [0.3, 0.4) is 0 Å². The molecule has 1 aromatic heterocycles. The van der Waals surface area contributed by atoms with Crippen molar-refractivity contribution in [3.8, 4) is 0 Å². The van der Waals surface area contributed by atoms with Gasteiger partial charge in [0.1, 0.15) is 0 Å². The summed E-state index contributed by atoms with van der Waals surface area (Å²) < 4.78 is 0. The summed E-state index contributed by atoms with van der Waals surface area (Å²) in [5.41, 5.74) is 7.00. The van der Waals surface area contributed by atoms with Gasteiger partial charge in [-0.25, -0.2) is 0 Å².